The van der Waals surface area contributed by atoms with Gasteiger partial charge in [0.1, 0.15) is 0 Å². The van der Waals surface area contributed by atoms with Crippen molar-refractivity contribution in [1.82, 2.24) is 0 Å². The molecule has 98 valence electrons. The van der Waals surface area contributed by atoms with Gasteiger partial charge in [-0.2, -0.15) is 0 Å². The highest BCUT2D eigenvalue weighted by molar-refractivity contribution is 5.51. The molecule has 0 saturated heterocycles. The van der Waals surface area contributed by atoms with Gasteiger partial charge < -0.3 is 0 Å². The third-order valence-corrected chi connectivity index (χ3v) is 3.91. The van der Waals surface area contributed by atoms with Gasteiger partial charge in [-0.15, -0.1) is 0 Å². The molecule has 2 rings (SSSR count). The number of hydrogen-bond acceptors (Lipinski definition) is 0. The first-order valence-corrected chi connectivity index (χ1v) is 6.70. The smallest absolute Gasteiger partial charge is 0.166 e. The van der Waals surface area contributed by atoms with Gasteiger partial charge in [0.2, 0.25) is 0 Å². The monoisotopic (exact) mass is 250 g/mol. The zero-order chi connectivity index (χ0) is 13.1. The normalized spacial score (nSPS) is 24.7. The zero-order valence-electron chi connectivity index (χ0n) is 11.0. The average molecular weight is 250 g/mol. The van der Waals surface area contributed by atoms with Crippen LogP contribution in [-0.4, -0.2) is 0 Å². The van der Waals surface area contributed by atoms with Crippen LogP contribution in [0.3, 0.4) is 0 Å². The van der Waals surface area contributed by atoms with Crippen molar-refractivity contribution in [2.24, 2.45) is 11.8 Å². The van der Waals surface area contributed by atoms with Crippen molar-refractivity contribution in [2.45, 2.75) is 39.5 Å². The Morgan fingerprint density at radius 1 is 1.06 bits per heavy atom. The van der Waals surface area contributed by atoms with Crippen LogP contribution in [0.4, 0.5) is 8.78 Å². The summed E-state index contributed by atoms with van der Waals surface area (Å²) in [6.07, 6.45) is 8.57. The molecule has 2 heteroatoms. The molecule has 0 nitrogen and oxygen atoms in total. The molecule has 0 radical (unpaired) electrons. The molecule has 0 spiro atoms. The number of allylic oxidation sites excluding steroid dienone is 1. The third kappa shape index (κ3) is 2.98. The van der Waals surface area contributed by atoms with Crippen molar-refractivity contribution >= 4 is 6.08 Å². The number of rotatable bonds is 2. The second-order valence-corrected chi connectivity index (χ2v) is 5.48. The van der Waals surface area contributed by atoms with Gasteiger partial charge in [-0.1, -0.05) is 44.1 Å². The van der Waals surface area contributed by atoms with Crippen LogP contribution in [0.25, 0.3) is 6.08 Å². The lowest BCUT2D eigenvalue weighted by molar-refractivity contribution is 0.331. The molecule has 1 aromatic rings. The fourth-order valence-electron chi connectivity index (χ4n) is 2.51. The first kappa shape index (κ1) is 13.3. The molecule has 0 bridgehead atoms. The summed E-state index contributed by atoms with van der Waals surface area (Å²) in [6.45, 7) is 3.85. The zero-order valence-corrected chi connectivity index (χ0v) is 11.0. The van der Waals surface area contributed by atoms with Crippen molar-refractivity contribution in [3.05, 3.63) is 41.0 Å². The summed E-state index contributed by atoms with van der Waals surface area (Å²) >= 11 is 0. The number of hydrogen-bond donors (Lipinski definition) is 0. The standard InChI is InChI=1S/C16H20F2/c1-11-3-6-13(7-4-11)8-10-14-9-5-12(2)15(17)16(14)18/h5,8-11,13H,3-4,6-7H2,1-2H3. The second-order valence-electron chi connectivity index (χ2n) is 5.48. The summed E-state index contributed by atoms with van der Waals surface area (Å²) in [5.41, 5.74) is 0.716. The van der Waals surface area contributed by atoms with E-state index in [-0.39, 0.29) is 0 Å². The molecule has 1 aliphatic carbocycles. The molecule has 0 unspecified atom stereocenters. The van der Waals surface area contributed by atoms with Crippen molar-refractivity contribution in [1.29, 1.82) is 0 Å². The van der Waals surface area contributed by atoms with E-state index in [1.165, 1.54) is 12.8 Å². The molecule has 0 N–H and O–H groups in total. The Morgan fingerprint density at radius 3 is 2.39 bits per heavy atom. The summed E-state index contributed by atoms with van der Waals surface area (Å²) in [5.74, 6) is -0.127. The molecule has 0 atom stereocenters. The predicted octanol–water partition coefficient (Wildman–Crippen LogP) is 5.11. The molecule has 1 aromatic carbocycles. The first-order chi connectivity index (χ1) is 8.58. The highest BCUT2D eigenvalue weighted by Gasteiger charge is 2.16. The highest BCUT2D eigenvalue weighted by Crippen LogP contribution is 2.29. The van der Waals surface area contributed by atoms with Crippen LogP contribution in [0.1, 0.15) is 43.7 Å². The van der Waals surface area contributed by atoms with E-state index >= 15 is 0 Å². The van der Waals surface area contributed by atoms with Gasteiger partial charge in [0.15, 0.2) is 11.6 Å². The average Bonchev–Trinajstić information content (AvgIpc) is 2.37. The van der Waals surface area contributed by atoms with E-state index in [1.807, 2.05) is 6.08 Å². The maximum Gasteiger partial charge on any atom is 0.166 e. The highest BCUT2D eigenvalue weighted by atomic mass is 19.2. The van der Waals surface area contributed by atoms with Crippen LogP contribution in [0.5, 0.6) is 0 Å². The van der Waals surface area contributed by atoms with Gasteiger partial charge in [-0.25, -0.2) is 8.78 Å². The fraction of sp³-hybridized carbons (Fsp3) is 0.500. The van der Waals surface area contributed by atoms with Crippen molar-refractivity contribution < 1.29 is 8.78 Å². The minimum Gasteiger partial charge on any atom is -0.203 e. The van der Waals surface area contributed by atoms with E-state index in [9.17, 15) is 8.78 Å². The SMILES string of the molecule is Cc1ccc(C=CC2CCC(C)CC2)c(F)c1F. The van der Waals surface area contributed by atoms with Gasteiger partial charge in [0.05, 0.1) is 0 Å². The molecule has 0 aromatic heterocycles. The van der Waals surface area contributed by atoms with Crippen molar-refractivity contribution in [2.75, 3.05) is 0 Å². The van der Waals surface area contributed by atoms with E-state index in [2.05, 4.69) is 6.92 Å². The van der Waals surface area contributed by atoms with Crippen LogP contribution >= 0.6 is 0 Å². The summed E-state index contributed by atoms with van der Waals surface area (Å²) in [5, 5.41) is 0. The molecule has 18 heavy (non-hydrogen) atoms. The molecular weight excluding hydrogens is 230 g/mol. The number of benzene rings is 1. The number of aryl methyl sites for hydroxylation is 1. The summed E-state index contributed by atoms with van der Waals surface area (Å²) in [7, 11) is 0. The topological polar surface area (TPSA) is 0 Å². The van der Waals surface area contributed by atoms with Gasteiger partial charge in [-0.05, 0) is 37.2 Å². The maximum atomic E-state index is 13.7. The van der Waals surface area contributed by atoms with Gasteiger partial charge in [-0.3, -0.25) is 0 Å². The quantitative estimate of drug-likeness (QED) is 0.684. The largest absolute Gasteiger partial charge is 0.203 e. The predicted molar refractivity (Wildman–Crippen MR) is 71.3 cm³/mol. The van der Waals surface area contributed by atoms with Crippen LogP contribution in [-0.2, 0) is 0 Å². The Hall–Kier alpha value is -1.18. The third-order valence-electron chi connectivity index (χ3n) is 3.91. The molecule has 0 aliphatic heterocycles. The van der Waals surface area contributed by atoms with Crippen LogP contribution in [0.15, 0.2) is 18.2 Å². The van der Waals surface area contributed by atoms with E-state index in [0.29, 0.717) is 17.0 Å². The van der Waals surface area contributed by atoms with E-state index in [0.717, 1.165) is 18.8 Å². The Morgan fingerprint density at radius 2 is 1.72 bits per heavy atom. The van der Waals surface area contributed by atoms with E-state index in [1.54, 1.807) is 25.1 Å². The molecule has 1 aliphatic rings. The van der Waals surface area contributed by atoms with Crippen LogP contribution in [0, 0.1) is 30.4 Å². The second kappa shape index (κ2) is 5.64. The minimum absolute atomic E-state index is 0.358. The Bertz CT molecular complexity index is 441. The van der Waals surface area contributed by atoms with Gasteiger partial charge in [0, 0.05) is 5.56 Å². The minimum atomic E-state index is -0.727. The lowest BCUT2D eigenvalue weighted by Crippen LogP contribution is -2.10. The first-order valence-electron chi connectivity index (χ1n) is 6.70. The molecule has 0 heterocycles. The van der Waals surface area contributed by atoms with Gasteiger partial charge in [0.25, 0.3) is 0 Å². The van der Waals surface area contributed by atoms with E-state index in [4.69, 9.17) is 0 Å². The fourth-order valence-corrected chi connectivity index (χ4v) is 2.51. The molecule has 1 saturated carbocycles. The Kier molecular flexibility index (Phi) is 4.15. The molecule has 0 amide bonds. The summed E-state index contributed by atoms with van der Waals surface area (Å²) in [6, 6.07) is 3.27. The van der Waals surface area contributed by atoms with E-state index < -0.39 is 11.6 Å². The molecule has 1 fully saturated rings. The number of halogens is 2. The Balaban J connectivity index is 2.07. The van der Waals surface area contributed by atoms with Crippen LogP contribution in [0.2, 0.25) is 0 Å². The Labute approximate surface area is 108 Å². The van der Waals surface area contributed by atoms with Crippen molar-refractivity contribution in [3.8, 4) is 0 Å². The lowest BCUT2D eigenvalue weighted by Gasteiger charge is -2.23. The van der Waals surface area contributed by atoms with Crippen molar-refractivity contribution in [3.63, 3.8) is 0 Å². The van der Waals surface area contributed by atoms with Crippen LogP contribution < -0.4 is 0 Å². The molecular formula is C16H20F2. The van der Waals surface area contributed by atoms with Gasteiger partial charge >= 0.3 is 0 Å². The summed E-state index contributed by atoms with van der Waals surface area (Å²) in [4.78, 5) is 0. The lowest BCUT2D eigenvalue weighted by atomic mass is 9.83. The maximum absolute atomic E-state index is 13.7. The summed E-state index contributed by atoms with van der Waals surface area (Å²) < 4.78 is 27.1.